The molecule has 0 aliphatic heterocycles. The fourth-order valence-corrected chi connectivity index (χ4v) is 2.32. The summed E-state index contributed by atoms with van der Waals surface area (Å²) in [5.41, 5.74) is 9.04. The fourth-order valence-electron chi connectivity index (χ4n) is 2.06. The standard InChI is InChI=1S/C16H17BrN2O/c1-10(12-3-5-13(17)6-4-12)19-14-7-8-15(11(2)20)16(18)9-14/h3-10,19H,18H2,1-2H3. The second-order valence-electron chi connectivity index (χ2n) is 4.78. The van der Waals surface area contributed by atoms with E-state index in [0.29, 0.717) is 11.3 Å². The average molecular weight is 333 g/mol. The van der Waals surface area contributed by atoms with E-state index >= 15 is 0 Å². The molecular weight excluding hydrogens is 316 g/mol. The van der Waals surface area contributed by atoms with Gasteiger partial charge in [0.25, 0.3) is 0 Å². The molecule has 0 radical (unpaired) electrons. The molecule has 0 saturated carbocycles. The summed E-state index contributed by atoms with van der Waals surface area (Å²) < 4.78 is 1.06. The molecule has 3 N–H and O–H groups in total. The molecule has 104 valence electrons. The highest BCUT2D eigenvalue weighted by molar-refractivity contribution is 9.10. The Bertz CT molecular complexity index is 623. The molecule has 1 unspecified atom stereocenters. The Hall–Kier alpha value is -1.81. The van der Waals surface area contributed by atoms with Crippen LogP contribution in [0.3, 0.4) is 0 Å². The molecule has 20 heavy (non-hydrogen) atoms. The van der Waals surface area contributed by atoms with Crippen molar-refractivity contribution >= 4 is 33.1 Å². The van der Waals surface area contributed by atoms with E-state index in [9.17, 15) is 4.79 Å². The number of hydrogen-bond donors (Lipinski definition) is 2. The Labute approximate surface area is 127 Å². The monoisotopic (exact) mass is 332 g/mol. The predicted molar refractivity (Wildman–Crippen MR) is 87.0 cm³/mol. The maximum absolute atomic E-state index is 11.3. The first-order valence-corrected chi connectivity index (χ1v) is 7.19. The lowest BCUT2D eigenvalue weighted by molar-refractivity contribution is 0.101. The van der Waals surface area contributed by atoms with Crippen molar-refractivity contribution in [3.63, 3.8) is 0 Å². The lowest BCUT2D eigenvalue weighted by atomic mass is 10.1. The number of nitrogens with two attached hydrogens (primary N) is 1. The number of hydrogen-bond acceptors (Lipinski definition) is 3. The van der Waals surface area contributed by atoms with E-state index in [1.165, 1.54) is 12.5 Å². The molecule has 2 rings (SSSR count). The molecule has 2 aromatic rings. The molecule has 0 aliphatic rings. The molecule has 0 aromatic heterocycles. The number of anilines is 2. The van der Waals surface area contributed by atoms with Crippen LogP contribution in [0.2, 0.25) is 0 Å². The normalized spacial score (nSPS) is 11.9. The van der Waals surface area contributed by atoms with Gasteiger partial charge in [-0.25, -0.2) is 0 Å². The van der Waals surface area contributed by atoms with Crippen LogP contribution in [0.5, 0.6) is 0 Å². The van der Waals surface area contributed by atoms with Gasteiger partial charge in [-0.2, -0.15) is 0 Å². The van der Waals surface area contributed by atoms with Gasteiger partial charge in [0.05, 0.1) is 0 Å². The van der Waals surface area contributed by atoms with E-state index in [2.05, 4.69) is 40.3 Å². The van der Waals surface area contributed by atoms with Crippen molar-refractivity contribution in [2.75, 3.05) is 11.1 Å². The SMILES string of the molecule is CC(=O)c1ccc(NC(C)c2ccc(Br)cc2)cc1N. The zero-order valence-corrected chi connectivity index (χ0v) is 13.1. The number of carbonyl (C=O) groups excluding carboxylic acids is 1. The smallest absolute Gasteiger partial charge is 0.161 e. The highest BCUT2D eigenvalue weighted by Crippen LogP contribution is 2.24. The summed E-state index contributed by atoms with van der Waals surface area (Å²) >= 11 is 3.42. The first kappa shape index (κ1) is 14.6. The molecule has 0 fully saturated rings. The number of Topliss-reactive ketones (excluding diaryl/α,β-unsaturated/α-hetero) is 1. The number of nitrogens with one attached hydrogen (secondary N) is 1. The number of halogens is 1. The summed E-state index contributed by atoms with van der Waals surface area (Å²) in [5.74, 6) is -0.0185. The average Bonchev–Trinajstić information content (AvgIpc) is 2.39. The summed E-state index contributed by atoms with van der Waals surface area (Å²) in [4.78, 5) is 11.3. The van der Waals surface area contributed by atoms with Crippen molar-refractivity contribution in [2.45, 2.75) is 19.9 Å². The van der Waals surface area contributed by atoms with Gasteiger partial charge in [0, 0.05) is 27.5 Å². The second kappa shape index (κ2) is 6.09. The molecule has 4 heteroatoms. The van der Waals surface area contributed by atoms with E-state index in [4.69, 9.17) is 5.73 Å². The van der Waals surface area contributed by atoms with Crippen LogP contribution in [-0.2, 0) is 0 Å². The molecule has 1 atom stereocenters. The molecular formula is C16H17BrN2O. The largest absolute Gasteiger partial charge is 0.398 e. The molecule has 2 aromatic carbocycles. The van der Waals surface area contributed by atoms with Crippen molar-refractivity contribution in [1.29, 1.82) is 0 Å². The zero-order valence-electron chi connectivity index (χ0n) is 11.5. The molecule has 0 spiro atoms. The Morgan fingerprint density at radius 1 is 1.20 bits per heavy atom. The van der Waals surface area contributed by atoms with E-state index < -0.39 is 0 Å². The first-order valence-electron chi connectivity index (χ1n) is 6.40. The summed E-state index contributed by atoms with van der Waals surface area (Å²) in [7, 11) is 0. The van der Waals surface area contributed by atoms with Crippen LogP contribution in [0.15, 0.2) is 46.9 Å². The molecule has 0 aliphatic carbocycles. The minimum atomic E-state index is -0.0185. The Morgan fingerprint density at radius 3 is 2.40 bits per heavy atom. The predicted octanol–water partition coefficient (Wildman–Crippen LogP) is 4.41. The zero-order chi connectivity index (χ0) is 14.7. The maximum atomic E-state index is 11.3. The van der Waals surface area contributed by atoms with Gasteiger partial charge in [-0.3, -0.25) is 4.79 Å². The van der Waals surface area contributed by atoms with Gasteiger partial charge in [0.2, 0.25) is 0 Å². The molecule has 0 heterocycles. The van der Waals surface area contributed by atoms with E-state index in [1.807, 2.05) is 18.2 Å². The molecule has 0 saturated heterocycles. The first-order chi connectivity index (χ1) is 9.47. The number of ketones is 1. The van der Waals surface area contributed by atoms with Crippen LogP contribution in [0.1, 0.15) is 35.8 Å². The lowest BCUT2D eigenvalue weighted by Gasteiger charge is -2.16. The Kier molecular flexibility index (Phi) is 4.45. The summed E-state index contributed by atoms with van der Waals surface area (Å²) in [6.07, 6.45) is 0. The van der Waals surface area contributed by atoms with Gasteiger partial charge >= 0.3 is 0 Å². The van der Waals surface area contributed by atoms with Gasteiger partial charge in [0.1, 0.15) is 0 Å². The highest BCUT2D eigenvalue weighted by atomic mass is 79.9. The van der Waals surface area contributed by atoms with Crippen molar-refractivity contribution in [3.05, 3.63) is 58.1 Å². The van der Waals surface area contributed by atoms with E-state index in [-0.39, 0.29) is 11.8 Å². The van der Waals surface area contributed by atoms with Gasteiger partial charge in [-0.15, -0.1) is 0 Å². The van der Waals surface area contributed by atoms with E-state index in [0.717, 1.165) is 10.2 Å². The number of carbonyl (C=O) groups is 1. The third kappa shape index (κ3) is 3.39. The van der Waals surface area contributed by atoms with Gasteiger partial charge < -0.3 is 11.1 Å². The van der Waals surface area contributed by atoms with Crippen molar-refractivity contribution in [3.8, 4) is 0 Å². The third-order valence-corrected chi connectivity index (χ3v) is 3.71. The van der Waals surface area contributed by atoms with Gasteiger partial charge in [-0.1, -0.05) is 28.1 Å². The fraction of sp³-hybridized carbons (Fsp3) is 0.188. The number of nitrogen functional groups attached to an aromatic ring is 1. The van der Waals surface area contributed by atoms with Crippen LogP contribution in [0.25, 0.3) is 0 Å². The topological polar surface area (TPSA) is 55.1 Å². The van der Waals surface area contributed by atoms with Crippen LogP contribution in [-0.4, -0.2) is 5.78 Å². The lowest BCUT2D eigenvalue weighted by Crippen LogP contribution is -2.08. The van der Waals surface area contributed by atoms with Crippen molar-refractivity contribution < 1.29 is 4.79 Å². The van der Waals surface area contributed by atoms with Gasteiger partial charge in [-0.05, 0) is 49.7 Å². The Morgan fingerprint density at radius 2 is 1.85 bits per heavy atom. The third-order valence-electron chi connectivity index (χ3n) is 3.18. The van der Waals surface area contributed by atoms with Crippen LogP contribution >= 0.6 is 15.9 Å². The highest BCUT2D eigenvalue weighted by Gasteiger charge is 2.08. The minimum Gasteiger partial charge on any atom is -0.398 e. The second-order valence-corrected chi connectivity index (χ2v) is 5.69. The quantitative estimate of drug-likeness (QED) is 0.644. The van der Waals surface area contributed by atoms with Crippen LogP contribution in [0.4, 0.5) is 11.4 Å². The maximum Gasteiger partial charge on any atom is 0.161 e. The summed E-state index contributed by atoms with van der Waals surface area (Å²) in [6, 6.07) is 13.7. The van der Waals surface area contributed by atoms with Crippen molar-refractivity contribution in [1.82, 2.24) is 0 Å². The molecule has 0 amide bonds. The van der Waals surface area contributed by atoms with Crippen molar-refractivity contribution in [2.24, 2.45) is 0 Å². The molecule has 0 bridgehead atoms. The number of rotatable bonds is 4. The number of benzene rings is 2. The summed E-state index contributed by atoms with van der Waals surface area (Å²) in [6.45, 7) is 3.60. The van der Waals surface area contributed by atoms with Crippen LogP contribution in [0, 0.1) is 0 Å². The Balaban J connectivity index is 2.15. The van der Waals surface area contributed by atoms with Crippen LogP contribution < -0.4 is 11.1 Å². The molecule has 3 nitrogen and oxygen atoms in total. The summed E-state index contributed by atoms with van der Waals surface area (Å²) in [5, 5.41) is 3.38. The van der Waals surface area contributed by atoms with Gasteiger partial charge in [0.15, 0.2) is 5.78 Å². The minimum absolute atomic E-state index is 0.0185. The van der Waals surface area contributed by atoms with E-state index in [1.54, 1.807) is 12.1 Å².